The van der Waals surface area contributed by atoms with Crippen LogP contribution in [0.15, 0.2) is 27.1 Å². The van der Waals surface area contributed by atoms with Gasteiger partial charge in [-0.3, -0.25) is 0 Å². The number of nitrogens with one attached hydrogen (secondary N) is 1. The van der Waals surface area contributed by atoms with Crippen LogP contribution in [-0.4, -0.2) is 12.7 Å². The minimum Gasteiger partial charge on any atom is -0.310 e. The van der Waals surface area contributed by atoms with Crippen molar-refractivity contribution in [3.05, 3.63) is 32.7 Å². The smallest absolute Gasteiger partial charge is 0.310 e. The second-order valence-corrected chi connectivity index (χ2v) is 6.19. The van der Waals surface area contributed by atoms with Gasteiger partial charge < -0.3 is 5.32 Å². The average molecular weight is 403 g/mol. The Morgan fingerprint density at radius 2 is 1.74 bits per heavy atom. The Morgan fingerprint density at radius 1 is 1.16 bits per heavy atom. The van der Waals surface area contributed by atoms with E-state index in [0.29, 0.717) is 6.54 Å². The lowest BCUT2D eigenvalue weighted by atomic mass is 10.0. The number of halogens is 5. The number of hydrogen-bond acceptors (Lipinski definition) is 1. The van der Waals surface area contributed by atoms with Crippen LogP contribution in [0.2, 0.25) is 0 Å². The van der Waals surface area contributed by atoms with Gasteiger partial charge in [0, 0.05) is 21.4 Å². The van der Waals surface area contributed by atoms with Crippen LogP contribution in [0.4, 0.5) is 13.2 Å². The van der Waals surface area contributed by atoms with Gasteiger partial charge in [0.05, 0.1) is 0 Å². The third-order valence-electron chi connectivity index (χ3n) is 2.64. The van der Waals surface area contributed by atoms with E-state index in [1.54, 1.807) is 0 Å². The molecular weight excluding hydrogens is 387 g/mol. The van der Waals surface area contributed by atoms with Crippen molar-refractivity contribution in [2.45, 2.75) is 38.4 Å². The van der Waals surface area contributed by atoms with Gasteiger partial charge in [-0.15, -0.1) is 0 Å². The molecule has 0 fully saturated rings. The van der Waals surface area contributed by atoms with Gasteiger partial charge >= 0.3 is 6.18 Å². The first-order valence-corrected chi connectivity index (χ1v) is 7.66. The quantitative estimate of drug-likeness (QED) is 0.653. The van der Waals surface area contributed by atoms with Crippen molar-refractivity contribution in [1.29, 1.82) is 0 Å². The highest BCUT2D eigenvalue weighted by molar-refractivity contribution is 9.11. The van der Waals surface area contributed by atoms with Crippen molar-refractivity contribution >= 4 is 31.9 Å². The van der Waals surface area contributed by atoms with Crippen LogP contribution in [0.5, 0.6) is 0 Å². The fourth-order valence-electron chi connectivity index (χ4n) is 1.79. The summed E-state index contributed by atoms with van der Waals surface area (Å²) in [6, 6.07) is 5.29. The highest BCUT2D eigenvalue weighted by Gasteiger charge is 2.28. The number of alkyl halides is 3. The topological polar surface area (TPSA) is 12.0 Å². The molecule has 0 radical (unpaired) electrons. The molecule has 0 amide bonds. The second-order valence-electron chi connectivity index (χ2n) is 4.36. The molecule has 1 rings (SSSR count). The Morgan fingerprint density at radius 3 is 2.21 bits per heavy atom. The van der Waals surface area contributed by atoms with Crippen LogP contribution in [0.25, 0.3) is 0 Å². The molecule has 108 valence electrons. The van der Waals surface area contributed by atoms with Crippen LogP contribution in [0.3, 0.4) is 0 Å². The number of rotatable bonds is 6. The normalized spacial score (nSPS) is 13.6. The van der Waals surface area contributed by atoms with Gasteiger partial charge in [0.25, 0.3) is 0 Å². The maximum Gasteiger partial charge on any atom is 0.389 e. The molecule has 1 aromatic carbocycles. The van der Waals surface area contributed by atoms with Crippen LogP contribution in [0.1, 0.15) is 37.8 Å². The van der Waals surface area contributed by atoms with Gasteiger partial charge in [-0.2, -0.15) is 13.2 Å². The maximum atomic E-state index is 12.4. The molecule has 1 unspecified atom stereocenters. The third kappa shape index (κ3) is 6.77. The molecular formula is C13H16Br2F3N. The van der Waals surface area contributed by atoms with Crippen molar-refractivity contribution in [2.75, 3.05) is 6.54 Å². The van der Waals surface area contributed by atoms with Crippen molar-refractivity contribution in [3.8, 4) is 0 Å². The Balaban J connectivity index is 2.82. The molecule has 0 saturated heterocycles. The van der Waals surface area contributed by atoms with Gasteiger partial charge in [0.1, 0.15) is 0 Å². The zero-order chi connectivity index (χ0) is 14.5. The van der Waals surface area contributed by atoms with Gasteiger partial charge in [0.15, 0.2) is 0 Å². The van der Waals surface area contributed by atoms with E-state index in [2.05, 4.69) is 37.2 Å². The van der Waals surface area contributed by atoms with Crippen molar-refractivity contribution in [2.24, 2.45) is 0 Å². The van der Waals surface area contributed by atoms with E-state index >= 15 is 0 Å². The van der Waals surface area contributed by atoms with Gasteiger partial charge in [-0.1, -0.05) is 38.8 Å². The highest BCUT2D eigenvalue weighted by atomic mass is 79.9. The SMILES string of the molecule is CCCNC(CCC(F)(F)F)c1cc(Br)cc(Br)c1. The summed E-state index contributed by atoms with van der Waals surface area (Å²) in [5.74, 6) is 0. The van der Waals surface area contributed by atoms with Crippen molar-refractivity contribution in [1.82, 2.24) is 5.32 Å². The van der Waals surface area contributed by atoms with Crippen molar-refractivity contribution in [3.63, 3.8) is 0 Å². The number of hydrogen-bond donors (Lipinski definition) is 1. The van der Waals surface area contributed by atoms with Crippen LogP contribution >= 0.6 is 31.9 Å². The Kier molecular flexibility index (Phi) is 6.83. The van der Waals surface area contributed by atoms with Crippen LogP contribution in [-0.2, 0) is 0 Å². The molecule has 1 atom stereocenters. The molecule has 0 bridgehead atoms. The van der Waals surface area contributed by atoms with E-state index < -0.39 is 12.6 Å². The maximum absolute atomic E-state index is 12.4. The Bertz CT molecular complexity index is 387. The molecule has 0 aliphatic carbocycles. The Labute approximate surface area is 128 Å². The lowest BCUT2D eigenvalue weighted by molar-refractivity contribution is -0.136. The summed E-state index contributed by atoms with van der Waals surface area (Å²) in [6.07, 6.45) is -3.96. The first-order chi connectivity index (χ1) is 8.81. The zero-order valence-corrected chi connectivity index (χ0v) is 13.7. The largest absolute Gasteiger partial charge is 0.389 e. The van der Waals surface area contributed by atoms with Gasteiger partial charge in [-0.05, 0) is 43.1 Å². The molecule has 0 aliphatic heterocycles. The first kappa shape index (κ1) is 17.0. The summed E-state index contributed by atoms with van der Waals surface area (Å²) < 4.78 is 38.8. The minimum atomic E-state index is -4.12. The average Bonchev–Trinajstić information content (AvgIpc) is 2.26. The zero-order valence-electron chi connectivity index (χ0n) is 10.5. The summed E-state index contributed by atoms with van der Waals surface area (Å²) in [4.78, 5) is 0. The van der Waals surface area contributed by atoms with E-state index in [1.165, 1.54) is 0 Å². The van der Waals surface area contributed by atoms with E-state index in [1.807, 2.05) is 25.1 Å². The summed E-state index contributed by atoms with van der Waals surface area (Å²) in [5, 5.41) is 3.17. The molecule has 0 heterocycles. The monoisotopic (exact) mass is 401 g/mol. The predicted molar refractivity (Wildman–Crippen MR) is 78.2 cm³/mol. The lowest BCUT2D eigenvalue weighted by Crippen LogP contribution is -2.24. The van der Waals surface area contributed by atoms with Crippen molar-refractivity contribution < 1.29 is 13.2 Å². The summed E-state index contributed by atoms with van der Waals surface area (Å²) in [7, 11) is 0. The standard InChI is InChI=1S/C13H16Br2F3N/c1-2-5-19-12(3-4-13(16,17)18)9-6-10(14)8-11(15)7-9/h6-8,12,19H,2-5H2,1H3. The molecule has 6 heteroatoms. The molecule has 0 saturated carbocycles. The number of benzene rings is 1. The molecule has 1 N–H and O–H groups in total. The molecule has 0 spiro atoms. The Hall–Kier alpha value is -0.0700. The molecule has 0 aliphatic rings. The highest BCUT2D eigenvalue weighted by Crippen LogP contribution is 2.30. The first-order valence-electron chi connectivity index (χ1n) is 6.08. The predicted octanol–water partition coefficient (Wildman–Crippen LogP) is 5.59. The molecule has 0 aromatic heterocycles. The third-order valence-corrected chi connectivity index (χ3v) is 3.56. The fourth-order valence-corrected chi connectivity index (χ4v) is 3.12. The van der Waals surface area contributed by atoms with Crippen LogP contribution < -0.4 is 5.32 Å². The molecule has 1 aromatic rings. The van der Waals surface area contributed by atoms with E-state index in [9.17, 15) is 13.2 Å². The van der Waals surface area contributed by atoms with Gasteiger partial charge in [0.2, 0.25) is 0 Å². The fraction of sp³-hybridized carbons (Fsp3) is 0.538. The summed E-state index contributed by atoms with van der Waals surface area (Å²) in [6.45, 7) is 2.69. The summed E-state index contributed by atoms with van der Waals surface area (Å²) in [5.41, 5.74) is 0.860. The second kappa shape index (κ2) is 7.64. The lowest BCUT2D eigenvalue weighted by Gasteiger charge is -2.20. The molecule has 1 nitrogen and oxygen atoms in total. The van der Waals surface area contributed by atoms with Crippen LogP contribution in [0, 0.1) is 0 Å². The van der Waals surface area contributed by atoms with Gasteiger partial charge in [-0.25, -0.2) is 0 Å². The van der Waals surface area contributed by atoms with E-state index in [0.717, 1.165) is 20.9 Å². The molecule has 19 heavy (non-hydrogen) atoms. The van der Waals surface area contributed by atoms with E-state index in [4.69, 9.17) is 0 Å². The summed E-state index contributed by atoms with van der Waals surface area (Å²) >= 11 is 6.72. The van der Waals surface area contributed by atoms with E-state index in [-0.39, 0.29) is 12.5 Å². The minimum absolute atomic E-state index is 0.0480.